The Labute approximate surface area is 125 Å². The van der Waals surface area contributed by atoms with Crippen LogP contribution in [0.2, 0.25) is 0 Å². The van der Waals surface area contributed by atoms with Crippen molar-refractivity contribution >= 4 is 11.7 Å². The summed E-state index contributed by atoms with van der Waals surface area (Å²) in [6, 6.07) is 7.28. The number of rotatable bonds is 5. The molecule has 0 bridgehead atoms. The van der Waals surface area contributed by atoms with Gasteiger partial charge in [-0.15, -0.1) is 0 Å². The average Bonchev–Trinajstić information content (AvgIpc) is 2.54. The maximum absolute atomic E-state index is 12.4. The van der Waals surface area contributed by atoms with Crippen LogP contribution in [0.4, 0.5) is 0 Å². The van der Waals surface area contributed by atoms with Crippen molar-refractivity contribution in [3.8, 4) is 0 Å². The first-order chi connectivity index (χ1) is 10.2. The minimum atomic E-state index is -0.386. The summed E-state index contributed by atoms with van der Waals surface area (Å²) in [4.78, 5) is 26.1. The highest BCUT2D eigenvalue weighted by molar-refractivity contribution is 5.98. The van der Waals surface area contributed by atoms with Crippen LogP contribution < -0.4 is 5.32 Å². The van der Waals surface area contributed by atoms with Crippen molar-refractivity contribution < 1.29 is 14.3 Å². The summed E-state index contributed by atoms with van der Waals surface area (Å²) in [5, 5.41) is 2.62. The van der Waals surface area contributed by atoms with Crippen LogP contribution in [0.3, 0.4) is 0 Å². The molecule has 1 aliphatic rings. The molecule has 1 aliphatic heterocycles. The van der Waals surface area contributed by atoms with Gasteiger partial charge in [0.15, 0.2) is 5.78 Å². The molecule has 0 radical (unpaired) electrons. The summed E-state index contributed by atoms with van der Waals surface area (Å²) in [6.07, 6.45) is 0.955. The highest BCUT2D eigenvalue weighted by Crippen LogP contribution is 2.11. The molecule has 1 unspecified atom stereocenters. The molecule has 5 nitrogen and oxygen atoms in total. The van der Waals surface area contributed by atoms with Gasteiger partial charge in [0.2, 0.25) is 5.91 Å². The third kappa shape index (κ3) is 3.89. The van der Waals surface area contributed by atoms with Gasteiger partial charge in [0.05, 0.1) is 19.8 Å². The number of carbonyl (C=O) groups excluding carboxylic acids is 2. The van der Waals surface area contributed by atoms with Gasteiger partial charge in [0.25, 0.3) is 0 Å². The van der Waals surface area contributed by atoms with Gasteiger partial charge in [-0.1, -0.05) is 31.2 Å². The molecule has 2 rings (SSSR count). The number of nitrogens with zero attached hydrogens (tertiary/aromatic N) is 1. The standard InChI is InChI=1S/C16H22N2O3/c1-3-12-4-6-13(7-5-12)15(19)10-18-8-9-21-11-14(18)16(20)17-2/h4-7,14H,3,8-11H2,1-2H3,(H,17,20). The van der Waals surface area contributed by atoms with E-state index in [0.717, 1.165) is 6.42 Å². The third-order valence-electron chi connectivity index (χ3n) is 3.82. The number of Topliss-reactive ketones (excluding diaryl/α,β-unsaturated/α-hetero) is 1. The molecule has 1 aromatic carbocycles. The number of hydrogen-bond donors (Lipinski definition) is 1. The van der Waals surface area contributed by atoms with E-state index in [9.17, 15) is 9.59 Å². The van der Waals surface area contributed by atoms with Crippen LogP contribution in [0.15, 0.2) is 24.3 Å². The van der Waals surface area contributed by atoms with E-state index in [4.69, 9.17) is 4.74 Å². The average molecular weight is 290 g/mol. The number of amides is 1. The molecular formula is C16H22N2O3. The molecule has 1 aromatic rings. The van der Waals surface area contributed by atoms with Crippen LogP contribution >= 0.6 is 0 Å². The SMILES string of the molecule is CCc1ccc(C(=O)CN2CCOCC2C(=O)NC)cc1. The van der Waals surface area contributed by atoms with Crippen molar-refractivity contribution in [3.63, 3.8) is 0 Å². The lowest BCUT2D eigenvalue weighted by molar-refractivity contribution is -0.131. The molecule has 21 heavy (non-hydrogen) atoms. The van der Waals surface area contributed by atoms with Crippen molar-refractivity contribution in [2.75, 3.05) is 33.4 Å². The van der Waals surface area contributed by atoms with E-state index >= 15 is 0 Å². The lowest BCUT2D eigenvalue weighted by Crippen LogP contribution is -2.54. The molecule has 0 aromatic heterocycles. The maximum Gasteiger partial charge on any atom is 0.239 e. The molecule has 1 atom stereocenters. The van der Waals surface area contributed by atoms with E-state index < -0.39 is 0 Å². The first kappa shape index (κ1) is 15.7. The Hall–Kier alpha value is -1.72. The first-order valence-corrected chi connectivity index (χ1v) is 7.31. The van der Waals surface area contributed by atoms with Crippen molar-refractivity contribution in [1.82, 2.24) is 10.2 Å². The van der Waals surface area contributed by atoms with Gasteiger partial charge < -0.3 is 10.1 Å². The molecule has 114 valence electrons. The van der Waals surface area contributed by atoms with Crippen LogP contribution in [0.5, 0.6) is 0 Å². The summed E-state index contributed by atoms with van der Waals surface area (Å²) in [7, 11) is 1.60. The molecule has 0 saturated carbocycles. The second kappa shape index (κ2) is 7.33. The highest BCUT2D eigenvalue weighted by atomic mass is 16.5. The Morgan fingerprint density at radius 1 is 1.33 bits per heavy atom. The van der Waals surface area contributed by atoms with Crippen molar-refractivity contribution in [1.29, 1.82) is 0 Å². The Morgan fingerprint density at radius 3 is 2.67 bits per heavy atom. The molecular weight excluding hydrogens is 268 g/mol. The van der Waals surface area contributed by atoms with Gasteiger partial charge in [-0.3, -0.25) is 14.5 Å². The second-order valence-corrected chi connectivity index (χ2v) is 5.15. The summed E-state index contributed by atoms with van der Waals surface area (Å²) >= 11 is 0. The number of ketones is 1. The summed E-state index contributed by atoms with van der Waals surface area (Å²) in [5.74, 6) is -0.0720. The van der Waals surface area contributed by atoms with Gasteiger partial charge in [0.1, 0.15) is 6.04 Å². The van der Waals surface area contributed by atoms with E-state index in [1.54, 1.807) is 7.05 Å². The predicted molar refractivity (Wildman–Crippen MR) is 80.4 cm³/mol. The monoisotopic (exact) mass is 290 g/mol. The largest absolute Gasteiger partial charge is 0.378 e. The van der Waals surface area contributed by atoms with E-state index in [0.29, 0.717) is 25.3 Å². The topological polar surface area (TPSA) is 58.6 Å². The van der Waals surface area contributed by atoms with Crippen LogP contribution in [0, 0.1) is 0 Å². The van der Waals surface area contributed by atoms with E-state index in [1.165, 1.54) is 5.56 Å². The maximum atomic E-state index is 12.4. The third-order valence-corrected chi connectivity index (χ3v) is 3.82. The Morgan fingerprint density at radius 2 is 2.05 bits per heavy atom. The van der Waals surface area contributed by atoms with E-state index in [2.05, 4.69) is 12.2 Å². The van der Waals surface area contributed by atoms with Gasteiger partial charge in [-0.25, -0.2) is 0 Å². The van der Waals surface area contributed by atoms with E-state index in [1.807, 2.05) is 29.2 Å². The number of aryl methyl sites for hydroxylation is 1. The Bertz CT molecular complexity index is 499. The lowest BCUT2D eigenvalue weighted by Gasteiger charge is -2.33. The number of nitrogens with one attached hydrogen (secondary N) is 1. The van der Waals surface area contributed by atoms with Crippen LogP contribution in [0.25, 0.3) is 0 Å². The zero-order valence-electron chi connectivity index (χ0n) is 12.6. The predicted octanol–water partition coefficient (Wildman–Crippen LogP) is 0.878. The van der Waals surface area contributed by atoms with Gasteiger partial charge in [-0.2, -0.15) is 0 Å². The van der Waals surface area contributed by atoms with Crippen LogP contribution in [-0.4, -0.2) is 56.0 Å². The first-order valence-electron chi connectivity index (χ1n) is 7.31. The zero-order valence-corrected chi connectivity index (χ0v) is 12.6. The Balaban J connectivity index is 2.03. The van der Waals surface area contributed by atoms with Crippen LogP contribution in [-0.2, 0) is 16.0 Å². The molecule has 1 fully saturated rings. The number of hydrogen-bond acceptors (Lipinski definition) is 4. The number of ether oxygens (including phenoxy) is 1. The summed E-state index contributed by atoms with van der Waals surface area (Å²) in [6.45, 7) is 3.81. The number of carbonyl (C=O) groups is 2. The summed E-state index contributed by atoms with van der Waals surface area (Å²) < 4.78 is 5.34. The molecule has 5 heteroatoms. The highest BCUT2D eigenvalue weighted by Gasteiger charge is 2.30. The fourth-order valence-corrected chi connectivity index (χ4v) is 2.44. The molecule has 0 aliphatic carbocycles. The lowest BCUT2D eigenvalue weighted by atomic mass is 10.1. The smallest absolute Gasteiger partial charge is 0.239 e. The number of likely N-dealkylation sites (N-methyl/N-ethyl adjacent to an activating group) is 1. The van der Waals surface area contributed by atoms with Gasteiger partial charge >= 0.3 is 0 Å². The molecule has 1 N–H and O–H groups in total. The number of morpholine rings is 1. The molecule has 1 heterocycles. The second-order valence-electron chi connectivity index (χ2n) is 5.15. The minimum Gasteiger partial charge on any atom is -0.378 e. The zero-order chi connectivity index (χ0) is 15.2. The van der Waals surface area contributed by atoms with Crippen LogP contribution in [0.1, 0.15) is 22.8 Å². The fraction of sp³-hybridized carbons (Fsp3) is 0.500. The fourth-order valence-electron chi connectivity index (χ4n) is 2.44. The molecule has 1 saturated heterocycles. The molecule has 1 amide bonds. The normalized spacial score (nSPS) is 19.2. The van der Waals surface area contributed by atoms with E-state index in [-0.39, 0.29) is 24.3 Å². The van der Waals surface area contributed by atoms with Crippen molar-refractivity contribution in [2.24, 2.45) is 0 Å². The number of benzene rings is 1. The van der Waals surface area contributed by atoms with Crippen molar-refractivity contribution in [3.05, 3.63) is 35.4 Å². The Kier molecular flexibility index (Phi) is 5.47. The van der Waals surface area contributed by atoms with Gasteiger partial charge in [0, 0.05) is 19.2 Å². The quantitative estimate of drug-likeness (QED) is 0.818. The minimum absolute atomic E-state index is 0.0356. The van der Waals surface area contributed by atoms with Crippen molar-refractivity contribution in [2.45, 2.75) is 19.4 Å². The molecule has 0 spiro atoms. The summed E-state index contributed by atoms with van der Waals surface area (Å²) in [5.41, 5.74) is 1.90. The van der Waals surface area contributed by atoms with Gasteiger partial charge in [-0.05, 0) is 12.0 Å².